The van der Waals surface area contributed by atoms with Crippen LogP contribution < -0.4 is 0 Å². The Morgan fingerprint density at radius 3 is 2.60 bits per heavy atom. The Kier molecular flexibility index (Phi) is 3.70. The summed E-state index contributed by atoms with van der Waals surface area (Å²) < 4.78 is 0. The number of carbonyl (C=O) groups is 1. The Bertz CT molecular complexity index is 506. The normalized spacial score (nSPS) is 23.2. The highest BCUT2D eigenvalue weighted by Gasteiger charge is 2.28. The van der Waals surface area contributed by atoms with Crippen LogP contribution in [-0.2, 0) is 6.42 Å². The van der Waals surface area contributed by atoms with Crippen LogP contribution >= 0.6 is 0 Å². The van der Waals surface area contributed by atoms with E-state index in [1.807, 2.05) is 0 Å². The molecule has 1 saturated carbocycles. The van der Waals surface area contributed by atoms with Crippen LogP contribution in [0, 0.1) is 5.41 Å². The average molecular weight is 270 g/mol. The van der Waals surface area contributed by atoms with Gasteiger partial charge in [0.2, 0.25) is 0 Å². The Morgan fingerprint density at radius 1 is 1.10 bits per heavy atom. The van der Waals surface area contributed by atoms with E-state index >= 15 is 0 Å². The fraction of sp³-hybridized carbons (Fsp3) is 0.632. The average Bonchev–Trinajstić information content (AvgIpc) is 2.56. The van der Waals surface area contributed by atoms with Crippen molar-refractivity contribution in [2.45, 2.75) is 71.1 Å². The molecule has 0 N–H and O–H groups in total. The third-order valence-electron chi connectivity index (χ3n) is 5.22. The molecule has 1 aromatic rings. The van der Waals surface area contributed by atoms with Crippen molar-refractivity contribution < 1.29 is 4.79 Å². The molecule has 0 heterocycles. The minimum Gasteiger partial charge on any atom is -0.294 e. The summed E-state index contributed by atoms with van der Waals surface area (Å²) in [5.74, 6) is 1.05. The van der Waals surface area contributed by atoms with Gasteiger partial charge in [-0.1, -0.05) is 45.2 Å². The summed E-state index contributed by atoms with van der Waals surface area (Å²) in [4.78, 5) is 12.6. The van der Waals surface area contributed by atoms with E-state index in [1.165, 1.54) is 43.2 Å². The highest BCUT2D eigenvalue weighted by Crippen LogP contribution is 2.37. The Balaban J connectivity index is 1.90. The van der Waals surface area contributed by atoms with Crippen LogP contribution in [0.15, 0.2) is 18.2 Å². The molecule has 0 atom stereocenters. The SMILES string of the molecule is CC1(C)CCc2ccc(C3CCCCC3)cc2C(=O)C1. The second-order valence-electron chi connectivity index (χ2n) is 7.52. The van der Waals surface area contributed by atoms with Gasteiger partial charge in [0.15, 0.2) is 5.78 Å². The smallest absolute Gasteiger partial charge is 0.163 e. The molecule has 3 rings (SSSR count). The van der Waals surface area contributed by atoms with Gasteiger partial charge in [0.25, 0.3) is 0 Å². The summed E-state index contributed by atoms with van der Waals surface area (Å²) in [5.41, 5.74) is 3.87. The first-order valence-electron chi connectivity index (χ1n) is 8.21. The fourth-order valence-electron chi connectivity index (χ4n) is 3.85. The fourth-order valence-corrected chi connectivity index (χ4v) is 3.85. The molecule has 0 aromatic heterocycles. The molecule has 0 unspecified atom stereocenters. The number of Topliss-reactive ketones (excluding diaryl/α,β-unsaturated/α-hetero) is 1. The lowest BCUT2D eigenvalue weighted by molar-refractivity contribution is 0.0934. The van der Waals surface area contributed by atoms with Crippen molar-refractivity contribution in [3.8, 4) is 0 Å². The monoisotopic (exact) mass is 270 g/mol. The minimum absolute atomic E-state index is 0.154. The van der Waals surface area contributed by atoms with E-state index in [0.717, 1.165) is 18.4 Å². The molecule has 0 radical (unpaired) electrons. The third-order valence-corrected chi connectivity index (χ3v) is 5.22. The molecule has 1 fully saturated rings. The molecule has 0 aliphatic heterocycles. The number of aryl methyl sites for hydroxylation is 1. The second-order valence-corrected chi connectivity index (χ2v) is 7.52. The summed E-state index contributed by atoms with van der Waals surface area (Å²) >= 11 is 0. The summed E-state index contributed by atoms with van der Waals surface area (Å²) in [6.45, 7) is 4.44. The molecule has 2 aliphatic carbocycles. The standard InChI is InChI=1S/C19H26O/c1-19(2)11-10-15-8-9-16(12-17(15)18(20)13-19)14-6-4-3-5-7-14/h8-9,12,14H,3-7,10-11,13H2,1-2H3. The first-order valence-corrected chi connectivity index (χ1v) is 8.21. The van der Waals surface area contributed by atoms with Crippen LogP contribution in [-0.4, -0.2) is 5.78 Å². The van der Waals surface area contributed by atoms with E-state index < -0.39 is 0 Å². The van der Waals surface area contributed by atoms with E-state index in [4.69, 9.17) is 0 Å². The predicted molar refractivity (Wildman–Crippen MR) is 83.3 cm³/mol. The first kappa shape index (κ1) is 13.9. The van der Waals surface area contributed by atoms with Crippen LogP contribution in [0.4, 0.5) is 0 Å². The van der Waals surface area contributed by atoms with Gasteiger partial charge in [-0.2, -0.15) is 0 Å². The molecule has 1 heteroatoms. The minimum atomic E-state index is 0.154. The molecule has 2 aliphatic rings. The van der Waals surface area contributed by atoms with Crippen molar-refractivity contribution in [3.05, 3.63) is 34.9 Å². The Morgan fingerprint density at radius 2 is 1.85 bits per heavy atom. The first-order chi connectivity index (χ1) is 9.55. The largest absolute Gasteiger partial charge is 0.294 e. The lowest BCUT2D eigenvalue weighted by atomic mass is 9.82. The zero-order valence-electron chi connectivity index (χ0n) is 12.9. The zero-order valence-corrected chi connectivity index (χ0v) is 12.9. The number of rotatable bonds is 1. The van der Waals surface area contributed by atoms with Crippen LogP contribution in [0.2, 0.25) is 0 Å². The molecular formula is C19H26O. The van der Waals surface area contributed by atoms with Crippen molar-refractivity contribution in [1.29, 1.82) is 0 Å². The number of ketones is 1. The van der Waals surface area contributed by atoms with E-state index in [0.29, 0.717) is 18.1 Å². The lowest BCUT2D eigenvalue weighted by Crippen LogP contribution is -2.14. The van der Waals surface area contributed by atoms with Gasteiger partial charge < -0.3 is 0 Å². The predicted octanol–water partition coefficient (Wildman–Crippen LogP) is 5.28. The van der Waals surface area contributed by atoms with Gasteiger partial charge in [-0.25, -0.2) is 0 Å². The lowest BCUT2D eigenvalue weighted by Gasteiger charge is -2.23. The van der Waals surface area contributed by atoms with Gasteiger partial charge in [0.05, 0.1) is 0 Å². The van der Waals surface area contributed by atoms with Gasteiger partial charge in [-0.3, -0.25) is 4.79 Å². The molecule has 0 saturated heterocycles. The molecule has 0 bridgehead atoms. The number of fused-ring (bicyclic) bond motifs is 1. The third kappa shape index (κ3) is 2.82. The van der Waals surface area contributed by atoms with Crippen molar-refractivity contribution >= 4 is 5.78 Å². The maximum Gasteiger partial charge on any atom is 0.163 e. The van der Waals surface area contributed by atoms with Crippen molar-refractivity contribution in [3.63, 3.8) is 0 Å². The molecular weight excluding hydrogens is 244 g/mol. The molecule has 0 amide bonds. The Labute approximate surface area is 122 Å². The summed E-state index contributed by atoms with van der Waals surface area (Å²) in [6.07, 6.45) is 9.57. The second kappa shape index (κ2) is 5.35. The zero-order chi connectivity index (χ0) is 14.2. The molecule has 20 heavy (non-hydrogen) atoms. The van der Waals surface area contributed by atoms with E-state index in [2.05, 4.69) is 32.0 Å². The van der Waals surface area contributed by atoms with Crippen molar-refractivity contribution in [2.24, 2.45) is 5.41 Å². The molecule has 1 nitrogen and oxygen atoms in total. The molecule has 0 spiro atoms. The number of benzene rings is 1. The van der Waals surface area contributed by atoms with E-state index in [1.54, 1.807) is 0 Å². The van der Waals surface area contributed by atoms with E-state index in [9.17, 15) is 4.79 Å². The highest BCUT2D eigenvalue weighted by atomic mass is 16.1. The van der Waals surface area contributed by atoms with Gasteiger partial charge in [0.1, 0.15) is 0 Å². The van der Waals surface area contributed by atoms with Crippen LogP contribution in [0.1, 0.15) is 86.2 Å². The maximum absolute atomic E-state index is 12.6. The number of carbonyl (C=O) groups excluding carboxylic acids is 1. The van der Waals surface area contributed by atoms with Crippen molar-refractivity contribution in [1.82, 2.24) is 0 Å². The van der Waals surface area contributed by atoms with Gasteiger partial charge in [-0.05, 0) is 54.2 Å². The summed E-state index contributed by atoms with van der Waals surface area (Å²) in [6, 6.07) is 6.76. The summed E-state index contributed by atoms with van der Waals surface area (Å²) in [7, 11) is 0. The molecule has 1 aromatic carbocycles. The Hall–Kier alpha value is -1.11. The van der Waals surface area contributed by atoms with Gasteiger partial charge in [0, 0.05) is 12.0 Å². The van der Waals surface area contributed by atoms with Crippen LogP contribution in [0.5, 0.6) is 0 Å². The number of hydrogen-bond donors (Lipinski definition) is 0. The maximum atomic E-state index is 12.6. The van der Waals surface area contributed by atoms with Crippen LogP contribution in [0.3, 0.4) is 0 Å². The summed E-state index contributed by atoms with van der Waals surface area (Å²) in [5, 5.41) is 0. The van der Waals surface area contributed by atoms with E-state index in [-0.39, 0.29) is 5.41 Å². The topological polar surface area (TPSA) is 17.1 Å². The number of hydrogen-bond acceptors (Lipinski definition) is 1. The highest BCUT2D eigenvalue weighted by molar-refractivity contribution is 5.98. The van der Waals surface area contributed by atoms with Crippen LogP contribution in [0.25, 0.3) is 0 Å². The van der Waals surface area contributed by atoms with Gasteiger partial charge >= 0.3 is 0 Å². The quantitative estimate of drug-likeness (QED) is 0.634. The molecule has 108 valence electrons. The van der Waals surface area contributed by atoms with Gasteiger partial charge in [-0.15, -0.1) is 0 Å². The van der Waals surface area contributed by atoms with Crippen molar-refractivity contribution in [2.75, 3.05) is 0 Å².